The molecular formula is C17H17NO3. The molecule has 0 aromatic heterocycles. The highest BCUT2D eigenvalue weighted by atomic mass is 16.5. The van der Waals surface area contributed by atoms with Gasteiger partial charge in [-0.05, 0) is 24.6 Å². The fraction of sp³-hybridized carbons (Fsp3) is 0.235. The SMILES string of the molecule is Cc1cccc(C(=O)OCC2COc3ccccc32)c1N. The average molecular weight is 283 g/mol. The Morgan fingerprint density at radius 3 is 2.95 bits per heavy atom. The molecule has 1 aliphatic rings. The van der Waals surface area contributed by atoms with E-state index >= 15 is 0 Å². The minimum Gasteiger partial charge on any atom is -0.493 e. The summed E-state index contributed by atoms with van der Waals surface area (Å²) in [5.74, 6) is 0.561. The standard InChI is InChI=1S/C17H17NO3/c1-11-5-4-7-14(16(11)18)17(19)21-10-12-9-20-15-8-3-2-6-13(12)15/h2-8,12H,9-10,18H2,1H3. The van der Waals surface area contributed by atoms with Gasteiger partial charge in [0.15, 0.2) is 0 Å². The maximum atomic E-state index is 12.1. The van der Waals surface area contributed by atoms with Gasteiger partial charge in [0.25, 0.3) is 0 Å². The van der Waals surface area contributed by atoms with Crippen molar-refractivity contribution in [2.75, 3.05) is 18.9 Å². The third kappa shape index (κ3) is 2.57. The number of para-hydroxylation sites is 2. The third-order valence-corrected chi connectivity index (χ3v) is 3.76. The van der Waals surface area contributed by atoms with E-state index in [1.807, 2.05) is 37.3 Å². The molecule has 0 spiro atoms. The van der Waals surface area contributed by atoms with Crippen molar-refractivity contribution in [3.63, 3.8) is 0 Å². The summed E-state index contributed by atoms with van der Waals surface area (Å²) in [4.78, 5) is 12.1. The fourth-order valence-electron chi connectivity index (χ4n) is 2.48. The van der Waals surface area contributed by atoms with Gasteiger partial charge in [0.05, 0.1) is 18.1 Å². The maximum Gasteiger partial charge on any atom is 0.340 e. The van der Waals surface area contributed by atoms with Crippen LogP contribution in [0.1, 0.15) is 27.4 Å². The molecule has 4 nitrogen and oxygen atoms in total. The van der Waals surface area contributed by atoms with E-state index in [0.717, 1.165) is 16.9 Å². The zero-order chi connectivity index (χ0) is 14.8. The molecule has 0 bridgehead atoms. The van der Waals surface area contributed by atoms with Crippen molar-refractivity contribution in [1.29, 1.82) is 0 Å². The number of anilines is 1. The fourth-order valence-corrected chi connectivity index (χ4v) is 2.48. The third-order valence-electron chi connectivity index (χ3n) is 3.76. The minimum absolute atomic E-state index is 0.0798. The number of nitrogens with two attached hydrogens (primary N) is 1. The van der Waals surface area contributed by atoms with Crippen LogP contribution in [-0.4, -0.2) is 19.2 Å². The Bertz CT molecular complexity index is 681. The van der Waals surface area contributed by atoms with E-state index in [9.17, 15) is 4.79 Å². The number of aryl methyl sites for hydroxylation is 1. The van der Waals surface area contributed by atoms with Gasteiger partial charge >= 0.3 is 5.97 Å². The summed E-state index contributed by atoms with van der Waals surface area (Å²) < 4.78 is 11.0. The zero-order valence-corrected chi connectivity index (χ0v) is 11.8. The monoisotopic (exact) mass is 283 g/mol. The number of hydrogen-bond donors (Lipinski definition) is 1. The summed E-state index contributed by atoms with van der Waals surface area (Å²) in [6.45, 7) is 2.70. The quantitative estimate of drug-likeness (QED) is 0.695. The van der Waals surface area contributed by atoms with Gasteiger partial charge in [-0.1, -0.05) is 30.3 Å². The van der Waals surface area contributed by atoms with Crippen molar-refractivity contribution in [3.05, 3.63) is 59.2 Å². The van der Waals surface area contributed by atoms with E-state index in [1.54, 1.807) is 12.1 Å². The smallest absolute Gasteiger partial charge is 0.340 e. The topological polar surface area (TPSA) is 61.5 Å². The summed E-state index contributed by atoms with van der Waals surface area (Å²) in [5.41, 5.74) is 8.77. The average Bonchev–Trinajstić information content (AvgIpc) is 2.91. The van der Waals surface area contributed by atoms with Crippen LogP contribution in [0.5, 0.6) is 5.75 Å². The van der Waals surface area contributed by atoms with Gasteiger partial charge in [0.2, 0.25) is 0 Å². The number of carbonyl (C=O) groups excluding carboxylic acids is 1. The highest BCUT2D eigenvalue weighted by Crippen LogP contribution is 2.33. The molecule has 0 saturated carbocycles. The molecule has 0 aliphatic carbocycles. The van der Waals surface area contributed by atoms with Gasteiger partial charge in [-0.2, -0.15) is 0 Å². The van der Waals surface area contributed by atoms with E-state index in [0.29, 0.717) is 24.5 Å². The number of esters is 1. The Morgan fingerprint density at radius 1 is 1.29 bits per heavy atom. The van der Waals surface area contributed by atoms with Crippen LogP contribution in [0.2, 0.25) is 0 Å². The minimum atomic E-state index is -0.388. The van der Waals surface area contributed by atoms with E-state index in [-0.39, 0.29) is 11.9 Å². The summed E-state index contributed by atoms with van der Waals surface area (Å²) in [6, 6.07) is 13.2. The number of rotatable bonds is 3. The summed E-state index contributed by atoms with van der Waals surface area (Å²) in [6.07, 6.45) is 0. The first-order valence-electron chi connectivity index (χ1n) is 6.90. The maximum absolute atomic E-state index is 12.1. The van der Waals surface area contributed by atoms with E-state index in [4.69, 9.17) is 15.2 Å². The lowest BCUT2D eigenvalue weighted by Crippen LogP contribution is -2.15. The van der Waals surface area contributed by atoms with Crippen molar-refractivity contribution in [3.8, 4) is 5.75 Å². The van der Waals surface area contributed by atoms with Gasteiger partial charge in [0.1, 0.15) is 12.4 Å². The number of hydrogen-bond acceptors (Lipinski definition) is 4. The molecule has 2 N–H and O–H groups in total. The van der Waals surface area contributed by atoms with Crippen molar-refractivity contribution >= 4 is 11.7 Å². The van der Waals surface area contributed by atoms with Gasteiger partial charge in [0, 0.05) is 11.3 Å². The molecule has 0 radical (unpaired) electrons. The van der Waals surface area contributed by atoms with Gasteiger partial charge in [-0.3, -0.25) is 0 Å². The molecule has 2 aromatic rings. The molecule has 108 valence electrons. The molecule has 0 fully saturated rings. The normalized spacial score (nSPS) is 16.1. The predicted molar refractivity (Wildman–Crippen MR) is 80.6 cm³/mol. The van der Waals surface area contributed by atoms with Crippen molar-refractivity contribution in [2.24, 2.45) is 0 Å². The predicted octanol–water partition coefficient (Wildman–Crippen LogP) is 2.91. The number of fused-ring (bicyclic) bond motifs is 1. The Kier molecular flexibility index (Phi) is 3.52. The summed E-state index contributed by atoms with van der Waals surface area (Å²) >= 11 is 0. The molecule has 1 heterocycles. The molecule has 1 atom stereocenters. The summed E-state index contributed by atoms with van der Waals surface area (Å²) in [5, 5.41) is 0. The molecule has 21 heavy (non-hydrogen) atoms. The highest BCUT2D eigenvalue weighted by Gasteiger charge is 2.25. The first-order valence-corrected chi connectivity index (χ1v) is 6.90. The van der Waals surface area contributed by atoms with Crippen molar-refractivity contribution in [1.82, 2.24) is 0 Å². The van der Waals surface area contributed by atoms with Crippen LogP contribution >= 0.6 is 0 Å². The van der Waals surface area contributed by atoms with E-state index < -0.39 is 0 Å². The lowest BCUT2D eigenvalue weighted by molar-refractivity contribution is 0.0472. The Morgan fingerprint density at radius 2 is 2.10 bits per heavy atom. The first kappa shape index (κ1) is 13.5. The number of ether oxygens (including phenoxy) is 2. The molecule has 1 unspecified atom stereocenters. The molecule has 0 saturated heterocycles. The number of nitrogen functional groups attached to an aromatic ring is 1. The Hall–Kier alpha value is -2.49. The molecule has 0 amide bonds. The Balaban J connectivity index is 1.69. The van der Waals surface area contributed by atoms with Crippen molar-refractivity contribution < 1.29 is 14.3 Å². The van der Waals surface area contributed by atoms with Crippen LogP contribution in [0.4, 0.5) is 5.69 Å². The Labute approximate surface area is 123 Å². The lowest BCUT2D eigenvalue weighted by Gasteiger charge is -2.12. The van der Waals surface area contributed by atoms with Gasteiger partial charge < -0.3 is 15.2 Å². The van der Waals surface area contributed by atoms with Crippen LogP contribution in [-0.2, 0) is 4.74 Å². The largest absolute Gasteiger partial charge is 0.493 e. The highest BCUT2D eigenvalue weighted by molar-refractivity contribution is 5.95. The van der Waals surface area contributed by atoms with Crippen LogP contribution in [0.15, 0.2) is 42.5 Å². The second-order valence-corrected chi connectivity index (χ2v) is 5.18. The lowest BCUT2D eigenvalue weighted by atomic mass is 10.0. The number of carbonyl (C=O) groups is 1. The van der Waals surface area contributed by atoms with Crippen LogP contribution < -0.4 is 10.5 Å². The second kappa shape index (κ2) is 5.48. The summed E-state index contributed by atoms with van der Waals surface area (Å²) in [7, 11) is 0. The van der Waals surface area contributed by atoms with Crippen molar-refractivity contribution in [2.45, 2.75) is 12.8 Å². The molecule has 3 rings (SSSR count). The molecular weight excluding hydrogens is 266 g/mol. The van der Waals surface area contributed by atoms with Crippen LogP contribution in [0.3, 0.4) is 0 Å². The molecule has 4 heteroatoms. The zero-order valence-electron chi connectivity index (χ0n) is 11.8. The first-order chi connectivity index (χ1) is 10.2. The van der Waals surface area contributed by atoms with E-state index in [1.165, 1.54) is 0 Å². The number of benzene rings is 2. The molecule has 2 aromatic carbocycles. The molecule has 1 aliphatic heterocycles. The van der Waals surface area contributed by atoms with E-state index in [2.05, 4.69) is 0 Å². The van der Waals surface area contributed by atoms with Gasteiger partial charge in [-0.25, -0.2) is 4.79 Å². The second-order valence-electron chi connectivity index (χ2n) is 5.18. The van der Waals surface area contributed by atoms with Gasteiger partial charge in [-0.15, -0.1) is 0 Å². The van der Waals surface area contributed by atoms with Crippen LogP contribution in [0.25, 0.3) is 0 Å². The van der Waals surface area contributed by atoms with Crippen LogP contribution in [0, 0.1) is 6.92 Å².